The van der Waals surface area contributed by atoms with Crippen molar-refractivity contribution in [1.29, 1.82) is 0 Å². The molecule has 0 aliphatic heterocycles. The molecule has 1 amide bonds. The van der Waals surface area contributed by atoms with Crippen LogP contribution < -0.4 is 0 Å². The molecular weight excluding hydrogens is 236 g/mol. The van der Waals surface area contributed by atoms with E-state index in [0.717, 1.165) is 11.3 Å². The smallest absolute Gasteiger partial charge is 0.272 e. The highest BCUT2D eigenvalue weighted by atomic mass is 16.2. The van der Waals surface area contributed by atoms with Gasteiger partial charge in [0, 0.05) is 19.3 Å². The first-order chi connectivity index (χ1) is 9.06. The van der Waals surface area contributed by atoms with E-state index >= 15 is 0 Å². The van der Waals surface area contributed by atoms with Crippen LogP contribution in [-0.4, -0.2) is 22.8 Å². The molecule has 3 heteroatoms. The first kappa shape index (κ1) is 13.3. The molecule has 0 unspecified atom stereocenters. The number of aromatic nitrogens is 1. The molecule has 0 N–H and O–H groups in total. The predicted octanol–water partition coefficient (Wildman–Crippen LogP) is 2.97. The Morgan fingerprint density at radius 3 is 2.42 bits per heavy atom. The van der Waals surface area contributed by atoms with Gasteiger partial charge in [-0.15, -0.1) is 0 Å². The van der Waals surface area contributed by atoms with Crippen molar-refractivity contribution < 1.29 is 4.79 Å². The summed E-state index contributed by atoms with van der Waals surface area (Å²) in [6.45, 7) is 4.53. The molecule has 98 valence electrons. The minimum Gasteiger partial charge on any atom is -0.336 e. The van der Waals surface area contributed by atoms with Crippen LogP contribution in [0.1, 0.15) is 27.3 Å². The third-order valence-corrected chi connectivity index (χ3v) is 2.99. The van der Waals surface area contributed by atoms with Crippen LogP contribution in [0.15, 0.2) is 42.5 Å². The topological polar surface area (TPSA) is 33.2 Å². The lowest BCUT2D eigenvalue weighted by molar-refractivity contribution is 0.0779. The molecule has 0 saturated heterocycles. The molecule has 0 saturated carbocycles. The van der Waals surface area contributed by atoms with Gasteiger partial charge < -0.3 is 4.90 Å². The third-order valence-electron chi connectivity index (χ3n) is 2.99. The SMILES string of the molecule is Cc1ccc(CN(C)C(=O)c2cccc(C)n2)cc1. The molecule has 3 nitrogen and oxygen atoms in total. The zero-order valence-electron chi connectivity index (χ0n) is 11.6. The van der Waals surface area contributed by atoms with Crippen molar-refractivity contribution in [2.45, 2.75) is 20.4 Å². The quantitative estimate of drug-likeness (QED) is 0.843. The van der Waals surface area contributed by atoms with Crippen LogP contribution in [0.25, 0.3) is 0 Å². The van der Waals surface area contributed by atoms with Gasteiger partial charge in [0.05, 0.1) is 0 Å². The van der Waals surface area contributed by atoms with Crippen LogP contribution >= 0.6 is 0 Å². The number of hydrogen-bond acceptors (Lipinski definition) is 2. The number of benzene rings is 1. The molecule has 1 heterocycles. The predicted molar refractivity (Wildman–Crippen MR) is 76.0 cm³/mol. The maximum atomic E-state index is 12.2. The Hall–Kier alpha value is -2.16. The van der Waals surface area contributed by atoms with Crippen LogP contribution in [-0.2, 0) is 6.54 Å². The molecule has 1 aromatic heterocycles. The monoisotopic (exact) mass is 254 g/mol. The standard InChI is InChI=1S/C16H18N2O/c1-12-7-9-14(10-8-12)11-18(3)16(19)15-6-4-5-13(2)17-15/h4-10H,11H2,1-3H3. The Balaban J connectivity index is 2.09. The van der Waals surface area contributed by atoms with Crippen LogP contribution in [0.2, 0.25) is 0 Å². The number of amides is 1. The molecule has 0 atom stereocenters. The van der Waals surface area contributed by atoms with Crippen LogP contribution in [0.3, 0.4) is 0 Å². The third kappa shape index (κ3) is 3.41. The lowest BCUT2D eigenvalue weighted by Gasteiger charge is -2.17. The Bertz CT molecular complexity index is 576. The maximum absolute atomic E-state index is 12.2. The largest absolute Gasteiger partial charge is 0.336 e. The summed E-state index contributed by atoms with van der Waals surface area (Å²) in [5.41, 5.74) is 3.69. The van der Waals surface area contributed by atoms with E-state index in [0.29, 0.717) is 12.2 Å². The molecular formula is C16H18N2O. The highest BCUT2D eigenvalue weighted by Gasteiger charge is 2.13. The molecule has 0 spiro atoms. The summed E-state index contributed by atoms with van der Waals surface area (Å²) in [6, 6.07) is 13.7. The summed E-state index contributed by atoms with van der Waals surface area (Å²) < 4.78 is 0. The van der Waals surface area contributed by atoms with Gasteiger partial charge in [0.15, 0.2) is 0 Å². The number of carbonyl (C=O) groups excluding carboxylic acids is 1. The molecule has 2 rings (SSSR count). The summed E-state index contributed by atoms with van der Waals surface area (Å²) >= 11 is 0. The van der Waals surface area contributed by atoms with E-state index in [9.17, 15) is 4.79 Å². The second kappa shape index (κ2) is 5.65. The fraction of sp³-hybridized carbons (Fsp3) is 0.250. The van der Waals surface area contributed by atoms with E-state index in [2.05, 4.69) is 24.0 Å². The fourth-order valence-electron chi connectivity index (χ4n) is 1.90. The van der Waals surface area contributed by atoms with Gasteiger partial charge in [0.1, 0.15) is 5.69 Å². The van der Waals surface area contributed by atoms with E-state index in [1.807, 2.05) is 31.2 Å². The van der Waals surface area contributed by atoms with Gasteiger partial charge in [-0.1, -0.05) is 35.9 Å². The number of hydrogen-bond donors (Lipinski definition) is 0. The molecule has 2 aromatic rings. The van der Waals surface area contributed by atoms with Crippen molar-refractivity contribution in [1.82, 2.24) is 9.88 Å². The average molecular weight is 254 g/mol. The molecule has 0 aliphatic carbocycles. The van der Waals surface area contributed by atoms with Gasteiger partial charge in [-0.05, 0) is 31.5 Å². The molecule has 1 aromatic carbocycles. The van der Waals surface area contributed by atoms with Crippen molar-refractivity contribution in [3.05, 3.63) is 65.0 Å². The van der Waals surface area contributed by atoms with Gasteiger partial charge in [0.2, 0.25) is 0 Å². The normalized spacial score (nSPS) is 10.3. The first-order valence-corrected chi connectivity index (χ1v) is 6.31. The van der Waals surface area contributed by atoms with Gasteiger partial charge in [0.25, 0.3) is 5.91 Å². The highest BCUT2D eigenvalue weighted by Crippen LogP contribution is 2.09. The Kier molecular flexibility index (Phi) is 3.95. The number of aryl methyl sites for hydroxylation is 2. The second-order valence-corrected chi connectivity index (χ2v) is 4.81. The number of carbonyl (C=O) groups is 1. The lowest BCUT2D eigenvalue weighted by atomic mass is 10.1. The van der Waals surface area contributed by atoms with E-state index in [1.165, 1.54) is 5.56 Å². The summed E-state index contributed by atoms with van der Waals surface area (Å²) in [4.78, 5) is 18.2. The van der Waals surface area contributed by atoms with Gasteiger partial charge in [-0.3, -0.25) is 4.79 Å². The number of rotatable bonds is 3. The van der Waals surface area contributed by atoms with Crippen molar-refractivity contribution in [2.75, 3.05) is 7.05 Å². The fourth-order valence-corrected chi connectivity index (χ4v) is 1.90. The van der Waals surface area contributed by atoms with Crippen LogP contribution in [0.4, 0.5) is 0 Å². The van der Waals surface area contributed by atoms with E-state index < -0.39 is 0 Å². The second-order valence-electron chi connectivity index (χ2n) is 4.81. The number of pyridine rings is 1. The summed E-state index contributed by atoms with van der Waals surface area (Å²) in [5.74, 6) is -0.0516. The molecule has 19 heavy (non-hydrogen) atoms. The van der Waals surface area contributed by atoms with Gasteiger partial charge in [-0.2, -0.15) is 0 Å². The number of nitrogens with zero attached hydrogens (tertiary/aromatic N) is 2. The summed E-state index contributed by atoms with van der Waals surface area (Å²) in [7, 11) is 1.80. The Morgan fingerprint density at radius 1 is 1.11 bits per heavy atom. The lowest BCUT2D eigenvalue weighted by Crippen LogP contribution is -2.27. The van der Waals surface area contributed by atoms with Crippen LogP contribution in [0, 0.1) is 13.8 Å². The molecule has 0 fully saturated rings. The minimum absolute atomic E-state index is 0.0516. The zero-order valence-corrected chi connectivity index (χ0v) is 11.6. The summed E-state index contributed by atoms with van der Waals surface area (Å²) in [5, 5.41) is 0. The van der Waals surface area contributed by atoms with E-state index in [1.54, 1.807) is 18.0 Å². The van der Waals surface area contributed by atoms with Crippen molar-refractivity contribution >= 4 is 5.91 Å². The molecule has 0 aliphatic rings. The zero-order chi connectivity index (χ0) is 13.8. The van der Waals surface area contributed by atoms with E-state index in [4.69, 9.17) is 0 Å². The molecule has 0 bridgehead atoms. The van der Waals surface area contributed by atoms with Gasteiger partial charge >= 0.3 is 0 Å². The van der Waals surface area contributed by atoms with Crippen LogP contribution in [0.5, 0.6) is 0 Å². The average Bonchev–Trinajstić information content (AvgIpc) is 2.40. The first-order valence-electron chi connectivity index (χ1n) is 6.31. The minimum atomic E-state index is -0.0516. The molecule has 0 radical (unpaired) electrons. The Labute approximate surface area is 113 Å². The highest BCUT2D eigenvalue weighted by molar-refractivity contribution is 5.92. The summed E-state index contributed by atoms with van der Waals surface area (Å²) in [6.07, 6.45) is 0. The Morgan fingerprint density at radius 2 is 1.79 bits per heavy atom. The van der Waals surface area contributed by atoms with Crippen molar-refractivity contribution in [2.24, 2.45) is 0 Å². The van der Waals surface area contributed by atoms with E-state index in [-0.39, 0.29) is 5.91 Å². The van der Waals surface area contributed by atoms with Crippen molar-refractivity contribution in [3.8, 4) is 0 Å². The van der Waals surface area contributed by atoms with Gasteiger partial charge in [-0.25, -0.2) is 4.98 Å². The maximum Gasteiger partial charge on any atom is 0.272 e. The van der Waals surface area contributed by atoms with Crippen molar-refractivity contribution in [3.63, 3.8) is 0 Å².